The summed E-state index contributed by atoms with van der Waals surface area (Å²) in [5, 5.41) is 14.6. The van der Waals surface area contributed by atoms with Crippen LogP contribution in [0.1, 0.15) is 38.1 Å². The van der Waals surface area contributed by atoms with Gasteiger partial charge in [0, 0.05) is 19.2 Å². The fourth-order valence-corrected chi connectivity index (χ4v) is 2.63. The molecule has 1 aliphatic carbocycles. The molecule has 2 rings (SSSR count). The topological polar surface area (TPSA) is 38.0 Å². The second kappa shape index (κ2) is 3.63. The molecule has 1 aliphatic rings. The second-order valence-corrected chi connectivity index (χ2v) is 5.02. The molecule has 1 N–H and O–H groups in total. The van der Waals surface area contributed by atoms with E-state index in [4.69, 9.17) is 0 Å². The van der Waals surface area contributed by atoms with Crippen molar-refractivity contribution in [2.45, 2.75) is 45.1 Å². The number of hydrogen-bond acceptors (Lipinski definition) is 2. The van der Waals surface area contributed by atoms with Gasteiger partial charge in [-0.2, -0.15) is 5.10 Å². The molecule has 0 aliphatic heterocycles. The molecule has 84 valence electrons. The smallest absolute Gasteiger partial charge is 0.0708 e. The summed E-state index contributed by atoms with van der Waals surface area (Å²) < 4.78 is 1.90. The summed E-state index contributed by atoms with van der Waals surface area (Å²) in [6, 6.07) is 2.11. The zero-order chi connectivity index (χ0) is 11.1. The lowest BCUT2D eigenvalue weighted by Crippen LogP contribution is -2.44. The van der Waals surface area contributed by atoms with Crippen molar-refractivity contribution in [1.82, 2.24) is 9.78 Å². The molecule has 1 fully saturated rings. The minimum Gasteiger partial charge on any atom is -0.389 e. The van der Waals surface area contributed by atoms with Crippen LogP contribution in [0.5, 0.6) is 0 Å². The standard InChI is InChI=1S/C12H20N2O/c1-4-10-5-11(14(3)13-10)8-12(15)6-9(2)7-12/h5,9,15H,4,6-8H2,1-3H3. The summed E-state index contributed by atoms with van der Waals surface area (Å²) in [6.45, 7) is 4.29. The van der Waals surface area contributed by atoms with Gasteiger partial charge < -0.3 is 5.11 Å². The summed E-state index contributed by atoms with van der Waals surface area (Å²) in [5.41, 5.74) is 1.81. The first-order chi connectivity index (χ1) is 7.02. The molecule has 15 heavy (non-hydrogen) atoms. The van der Waals surface area contributed by atoms with Crippen molar-refractivity contribution in [3.63, 3.8) is 0 Å². The van der Waals surface area contributed by atoms with Crippen LogP contribution in [-0.4, -0.2) is 20.5 Å². The predicted octanol–water partition coefficient (Wildman–Crippen LogP) is 1.69. The number of rotatable bonds is 3. The Kier molecular flexibility index (Phi) is 2.59. The molecule has 3 nitrogen and oxygen atoms in total. The molecule has 1 saturated carbocycles. The van der Waals surface area contributed by atoms with Crippen LogP contribution in [-0.2, 0) is 19.9 Å². The van der Waals surface area contributed by atoms with E-state index < -0.39 is 5.60 Å². The average Bonchev–Trinajstić information content (AvgIpc) is 2.45. The van der Waals surface area contributed by atoms with Crippen molar-refractivity contribution in [1.29, 1.82) is 0 Å². The molecule has 0 aromatic carbocycles. The van der Waals surface area contributed by atoms with Gasteiger partial charge in [-0.25, -0.2) is 0 Å². The molecule has 1 aromatic heterocycles. The van der Waals surface area contributed by atoms with E-state index in [-0.39, 0.29) is 0 Å². The van der Waals surface area contributed by atoms with Crippen molar-refractivity contribution in [2.75, 3.05) is 0 Å². The lowest BCUT2D eigenvalue weighted by Gasteiger charge is -2.42. The SMILES string of the molecule is CCc1cc(CC2(O)CC(C)C2)n(C)n1. The van der Waals surface area contributed by atoms with Gasteiger partial charge in [-0.1, -0.05) is 13.8 Å². The Morgan fingerprint density at radius 2 is 2.27 bits per heavy atom. The van der Waals surface area contributed by atoms with Gasteiger partial charge in [-0.05, 0) is 31.2 Å². The van der Waals surface area contributed by atoms with E-state index in [1.807, 2.05) is 11.7 Å². The van der Waals surface area contributed by atoms with Gasteiger partial charge in [0.05, 0.1) is 11.3 Å². The zero-order valence-electron chi connectivity index (χ0n) is 9.82. The van der Waals surface area contributed by atoms with Crippen LogP contribution in [0.2, 0.25) is 0 Å². The van der Waals surface area contributed by atoms with E-state index in [0.717, 1.165) is 37.1 Å². The minimum atomic E-state index is -0.460. The van der Waals surface area contributed by atoms with Crippen LogP contribution in [0.15, 0.2) is 6.07 Å². The molecular weight excluding hydrogens is 188 g/mol. The molecule has 3 heteroatoms. The van der Waals surface area contributed by atoms with Crippen LogP contribution in [0, 0.1) is 5.92 Å². The Hall–Kier alpha value is -0.830. The molecule has 0 amide bonds. The lowest BCUT2D eigenvalue weighted by atomic mass is 9.70. The van der Waals surface area contributed by atoms with Crippen LogP contribution in [0.4, 0.5) is 0 Å². The summed E-state index contributed by atoms with van der Waals surface area (Å²) in [5.74, 6) is 0.675. The van der Waals surface area contributed by atoms with Crippen molar-refractivity contribution < 1.29 is 5.11 Å². The van der Waals surface area contributed by atoms with Crippen LogP contribution in [0.3, 0.4) is 0 Å². The molecule has 1 heterocycles. The maximum atomic E-state index is 10.2. The predicted molar refractivity (Wildman–Crippen MR) is 59.6 cm³/mol. The molecule has 0 radical (unpaired) electrons. The summed E-state index contributed by atoms with van der Waals surface area (Å²) in [4.78, 5) is 0. The third-order valence-corrected chi connectivity index (χ3v) is 3.36. The molecule has 0 unspecified atom stereocenters. The average molecular weight is 208 g/mol. The number of hydrogen-bond donors (Lipinski definition) is 1. The summed E-state index contributed by atoms with van der Waals surface area (Å²) >= 11 is 0. The highest BCUT2D eigenvalue weighted by Crippen LogP contribution is 2.39. The molecule has 0 spiro atoms. The van der Waals surface area contributed by atoms with E-state index in [0.29, 0.717) is 5.92 Å². The normalized spacial score (nSPS) is 30.3. The summed E-state index contributed by atoms with van der Waals surface area (Å²) in [7, 11) is 1.96. The molecule has 0 saturated heterocycles. The Labute approximate surface area is 91.1 Å². The van der Waals surface area contributed by atoms with E-state index in [2.05, 4.69) is 25.0 Å². The number of nitrogens with zero attached hydrogens (tertiary/aromatic N) is 2. The van der Waals surface area contributed by atoms with Gasteiger partial charge >= 0.3 is 0 Å². The van der Waals surface area contributed by atoms with Gasteiger partial charge in [-0.15, -0.1) is 0 Å². The first-order valence-corrected chi connectivity index (χ1v) is 5.76. The van der Waals surface area contributed by atoms with Crippen molar-refractivity contribution in [3.05, 3.63) is 17.5 Å². The first-order valence-electron chi connectivity index (χ1n) is 5.76. The highest BCUT2D eigenvalue weighted by molar-refractivity contribution is 5.14. The number of aryl methyl sites for hydroxylation is 2. The fourth-order valence-electron chi connectivity index (χ4n) is 2.63. The summed E-state index contributed by atoms with van der Waals surface area (Å²) in [6.07, 6.45) is 3.57. The highest BCUT2D eigenvalue weighted by Gasteiger charge is 2.40. The molecule has 1 aromatic rings. The third kappa shape index (κ3) is 2.07. The Morgan fingerprint density at radius 1 is 1.60 bits per heavy atom. The van der Waals surface area contributed by atoms with Crippen molar-refractivity contribution >= 4 is 0 Å². The maximum Gasteiger partial charge on any atom is 0.0708 e. The van der Waals surface area contributed by atoms with E-state index in [9.17, 15) is 5.11 Å². The molecule has 0 bridgehead atoms. The Morgan fingerprint density at radius 3 is 2.73 bits per heavy atom. The largest absolute Gasteiger partial charge is 0.389 e. The van der Waals surface area contributed by atoms with Gasteiger partial charge in [0.15, 0.2) is 0 Å². The van der Waals surface area contributed by atoms with Crippen molar-refractivity contribution in [2.24, 2.45) is 13.0 Å². The molecular formula is C12H20N2O. The zero-order valence-corrected chi connectivity index (χ0v) is 9.82. The number of aliphatic hydroxyl groups is 1. The third-order valence-electron chi connectivity index (χ3n) is 3.36. The fraction of sp³-hybridized carbons (Fsp3) is 0.750. The highest BCUT2D eigenvalue weighted by atomic mass is 16.3. The Bertz CT molecular complexity index is 351. The quantitative estimate of drug-likeness (QED) is 0.820. The van der Waals surface area contributed by atoms with Crippen LogP contribution >= 0.6 is 0 Å². The van der Waals surface area contributed by atoms with E-state index >= 15 is 0 Å². The minimum absolute atomic E-state index is 0.460. The van der Waals surface area contributed by atoms with Crippen molar-refractivity contribution in [3.8, 4) is 0 Å². The van der Waals surface area contributed by atoms with Gasteiger partial charge in [0.25, 0.3) is 0 Å². The maximum absolute atomic E-state index is 10.2. The van der Waals surface area contributed by atoms with Gasteiger partial charge in [0.2, 0.25) is 0 Å². The number of aromatic nitrogens is 2. The monoisotopic (exact) mass is 208 g/mol. The van der Waals surface area contributed by atoms with Gasteiger partial charge in [0.1, 0.15) is 0 Å². The lowest BCUT2D eigenvalue weighted by molar-refractivity contribution is -0.0677. The van der Waals surface area contributed by atoms with E-state index in [1.165, 1.54) is 0 Å². The first kappa shape index (κ1) is 10.7. The second-order valence-electron chi connectivity index (χ2n) is 5.02. The van der Waals surface area contributed by atoms with Gasteiger partial charge in [-0.3, -0.25) is 4.68 Å². The Balaban J connectivity index is 2.07. The van der Waals surface area contributed by atoms with E-state index in [1.54, 1.807) is 0 Å². The van der Waals surface area contributed by atoms with Crippen LogP contribution < -0.4 is 0 Å². The molecule has 0 atom stereocenters. The van der Waals surface area contributed by atoms with Crippen LogP contribution in [0.25, 0.3) is 0 Å².